The van der Waals surface area contributed by atoms with Crippen molar-refractivity contribution in [3.05, 3.63) is 107 Å². The van der Waals surface area contributed by atoms with Gasteiger partial charge in [-0.05, 0) is 40.6 Å². The first kappa shape index (κ1) is 22.7. The Hall–Kier alpha value is -4.04. The number of carbonyl (C=O) groups excluding carboxylic acids is 1. The highest BCUT2D eigenvalue weighted by molar-refractivity contribution is 5.75. The number of tetrazole rings is 1. The van der Waals surface area contributed by atoms with Crippen molar-refractivity contribution in [2.24, 2.45) is 0 Å². The molecule has 0 saturated carbocycles. The second-order valence-electron chi connectivity index (χ2n) is 8.81. The van der Waals surface area contributed by atoms with Gasteiger partial charge in [0.2, 0.25) is 0 Å². The maximum absolute atomic E-state index is 13.2. The van der Waals surface area contributed by atoms with Crippen molar-refractivity contribution in [1.29, 1.82) is 0 Å². The molecule has 0 bridgehead atoms. The minimum Gasteiger partial charge on any atom is -0.327 e. The summed E-state index contributed by atoms with van der Waals surface area (Å²) in [6.07, 6.45) is 0. The standard InChI is InChI=1S/C27H29N7O/c1-21-12-14-24(15-13-21)34-25(29-30-31-34)20-32-16-18-33(19-17-32)27(35)28-26(22-8-4-2-5-9-22)23-10-6-3-7-11-23/h2-15,26H,16-20H2,1H3,(H,28,35). The van der Waals surface area contributed by atoms with E-state index < -0.39 is 0 Å². The Morgan fingerprint density at radius 2 is 1.46 bits per heavy atom. The van der Waals surface area contributed by atoms with E-state index in [-0.39, 0.29) is 12.1 Å². The number of nitrogens with zero attached hydrogens (tertiary/aromatic N) is 6. The number of benzene rings is 3. The number of piperazine rings is 1. The summed E-state index contributed by atoms with van der Waals surface area (Å²) in [5.41, 5.74) is 4.27. The van der Waals surface area contributed by atoms with Crippen LogP contribution < -0.4 is 5.32 Å². The van der Waals surface area contributed by atoms with Crippen LogP contribution in [0.2, 0.25) is 0 Å². The molecule has 0 spiro atoms. The van der Waals surface area contributed by atoms with Gasteiger partial charge in [-0.2, -0.15) is 4.68 Å². The molecule has 1 aromatic heterocycles. The Kier molecular flexibility index (Phi) is 6.81. The predicted molar refractivity (Wildman–Crippen MR) is 134 cm³/mol. The molecular weight excluding hydrogens is 438 g/mol. The summed E-state index contributed by atoms with van der Waals surface area (Å²) in [5.74, 6) is 0.792. The summed E-state index contributed by atoms with van der Waals surface area (Å²) in [6, 6.07) is 28.1. The maximum Gasteiger partial charge on any atom is 0.318 e. The third kappa shape index (κ3) is 5.38. The van der Waals surface area contributed by atoms with Crippen LogP contribution >= 0.6 is 0 Å². The molecule has 1 saturated heterocycles. The Morgan fingerprint density at radius 3 is 2.06 bits per heavy atom. The largest absolute Gasteiger partial charge is 0.327 e. The monoisotopic (exact) mass is 467 g/mol. The Morgan fingerprint density at radius 1 is 0.857 bits per heavy atom. The zero-order valence-corrected chi connectivity index (χ0v) is 19.8. The Labute approximate surface area is 205 Å². The van der Waals surface area contributed by atoms with E-state index in [4.69, 9.17) is 0 Å². The summed E-state index contributed by atoms with van der Waals surface area (Å²) in [5, 5.41) is 15.5. The number of hydrogen-bond donors (Lipinski definition) is 1. The fourth-order valence-corrected chi connectivity index (χ4v) is 4.36. The van der Waals surface area contributed by atoms with Crippen LogP contribution in [0.15, 0.2) is 84.9 Å². The zero-order valence-electron chi connectivity index (χ0n) is 19.8. The van der Waals surface area contributed by atoms with Crippen molar-refractivity contribution in [2.45, 2.75) is 19.5 Å². The van der Waals surface area contributed by atoms with Crippen LogP contribution in [0.3, 0.4) is 0 Å². The van der Waals surface area contributed by atoms with Gasteiger partial charge >= 0.3 is 6.03 Å². The summed E-state index contributed by atoms with van der Waals surface area (Å²) in [6.45, 7) is 5.50. The fraction of sp³-hybridized carbons (Fsp3) is 0.259. The summed E-state index contributed by atoms with van der Waals surface area (Å²) in [7, 11) is 0. The van der Waals surface area contributed by atoms with Crippen LogP contribution in [-0.2, 0) is 6.54 Å². The number of nitrogens with one attached hydrogen (secondary N) is 1. The first-order valence-electron chi connectivity index (χ1n) is 11.9. The number of carbonyl (C=O) groups is 1. The lowest BCUT2D eigenvalue weighted by Gasteiger charge is -2.35. The van der Waals surface area contributed by atoms with Gasteiger partial charge in [-0.1, -0.05) is 78.4 Å². The Bertz CT molecular complexity index is 1190. The number of amides is 2. The quantitative estimate of drug-likeness (QED) is 0.469. The fourth-order valence-electron chi connectivity index (χ4n) is 4.36. The average molecular weight is 468 g/mol. The van der Waals surface area contributed by atoms with Gasteiger partial charge in [0.25, 0.3) is 0 Å². The summed E-state index contributed by atoms with van der Waals surface area (Å²) in [4.78, 5) is 17.4. The lowest BCUT2D eigenvalue weighted by molar-refractivity contribution is 0.132. The van der Waals surface area contributed by atoms with Gasteiger partial charge in [0.1, 0.15) is 0 Å². The van der Waals surface area contributed by atoms with E-state index in [0.29, 0.717) is 19.6 Å². The van der Waals surface area contributed by atoms with Crippen LogP contribution in [0.4, 0.5) is 4.79 Å². The van der Waals surface area contributed by atoms with Crippen molar-refractivity contribution in [3.8, 4) is 5.69 Å². The third-order valence-electron chi connectivity index (χ3n) is 6.37. The molecule has 2 amide bonds. The second kappa shape index (κ2) is 10.5. The number of urea groups is 1. The van der Waals surface area contributed by atoms with Crippen LogP contribution in [0.1, 0.15) is 28.6 Å². The molecule has 0 unspecified atom stereocenters. The molecule has 1 aliphatic rings. The number of rotatable bonds is 6. The van der Waals surface area contributed by atoms with E-state index in [2.05, 4.69) is 44.8 Å². The lowest BCUT2D eigenvalue weighted by atomic mass is 9.99. The van der Waals surface area contributed by atoms with Gasteiger partial charge in [-0.25, -0.2) is 4.79 Å². The molecule has 1 aliphatic heterocycles. The van der Waals surface area contributed by atoms with Crippen LogP contribution in [0, 0.1) is 6.92 Å². The van der Waals surface area contributed by atoms with E-state index in [0.717, 1.165) is 35.7 Å². The number of aryl methyl sites for hydroxylation is 1. The first-order valence-corrected chi connectivity index (χ1v) is 11.9. The van der Waals surface area contributed by atoms with Crippen LogP contribution in [0.5, 0.6) is 0 Å². The topological polar surface area (TPSA) is 79.2 Å². The number of aromatic nitrogens is 4. The van der Waals surface area contributed by atoms with E-state index in [1.54, 1.807) is 4.68 Å². The van der Waals surface area contributed by atoms with E-state index in [1.165, 1.54) is 5.56 Å². The van der Waals surface area contributed by atoms with Gasteiger partial charge < -0.3 is 10.2 Å². The SMILES string of the molecule is Cc1ccc(-n2nnnc2CN2CCN(C(=O)NC(c3ccccc3)c3ccccc3)CC2)cc1. The molecule has 1 fully saturated rings. The molecule has 1 N–H and O–H groups in total. The molecule has 8 heteroatoms. The van der Waals surface area contributed by atoms with E-state index in [9.17, 15) is 4.79 Å². The molecule has 4 aromatic rings. The molecular formula is C27H29N7O. The average Bonchev–Trinajstić information content (AvgIpc) is 3.37. The van der Waals surface area contributed by atoms with Crippen molar-refractivity contribution in [1.82, 2.24) is 35.3 Å². The smallest absolute Gasteiger partial charge is 0.318 e. The van der Waals surface area contributed by atoms with Gasteiger partial charge in [0.15, 0.2) is 5.82 Å². The van der Waals surface area contributed by atoms with Gasteiger partial charge in [0.05, 0.1) is 18.3 Å². The van der Waals surface area contributed by atoms with Crippen molar-refractivity contribution >= 4 is 6.03 Å². The van der Waals surface area contributed by atoms with Gasteiger partial charge in [0, 0.05) is 26.2 Å². The van der Waals surface area contributed by atoms with Gasteiger partial charge in [-0.15, -0.1) is 5.10 Å². The van der Waals surface area contributed by atoms with Crippen LogP contribution in [-0.4, -0.2) is 62.2 Å². The van der Waals surface area contributed by atoms with Gasteiger partial charge in [-0.3, -0.25) is 4.90 Å². The first-order chi connectivity index (χ1) is 17.2. The predicted octanol–water partition coefficient (Wildman–Crippen LogP) is 3.59. The minimum atomic E-state index is -0.193. The van der Waals surface area contributed by atoms with Crippen LogP contribution in [0.25, 0.3) is 5.69 Å². The molecule has 3 aromatic carbocycles. The lowest BCUT2D eigenvalue weighted by Crippen LogP contribution is -2.52. The molecule has 5 rings (SSSR count). The molecule has 0 aliphatic carbocycles. The molecule has 0 atom stereocenters. The van der Waals surface area contributed by atoms with E-state index >= 15 is 0 Å². The molecule has 35 heavy (non-hydrogen) atoms. The highest BCUT2D eigenvalue weighted by Gasteiger charge is 2.25. The zero-order chi connectivity index (χ0) is 24.0. The van der Waals surface area contributed by atoms with Crippen molar-refractivity contribution in [2.75, 3.05) is 26.2 Å². The van der Waals surface area contributed by atoms with Crippen molar-refractivity contribution in [3.63, 3.8) is 0 Å². The van der Waals surface area contributed by atoms with Crippen molar-refractivity contribution < 1.29 is 4.79 Å². The summed E-state index contributed by atoms with van der Waals surface area (Å²) < 4.78 is 1.78. The highest BCUT2D eigenvalue weighted by atomic mass is 16.2. The highest BCUT2D eigenvalue weighted by Crippen LogP contribution is 2.22. The second-order valence-corrected chi connectivity index (χ2v) is 8.81. The van der Waals surface area contributed by atoms with E-state index in [1.807, 2.05) is 77.7 Å². The Balaban J connectivity index is 1.21. The number of hydrogen-bond acceptors (Lipinski definition) is 5. The third-order valence-corrected chi connectivity index (χ3v) is 6.37. The molecule has 0 radical (unpaired) electrons. The molecule has 178 valence electrons. The molecule has 8 nitrogen and oxygen atoms in total. The summed E-state index contributed by atoms with van der Waals surface area (Å²) >= 11 is 0. The maximum atomic E-state index is 13.2. The normalized spacial score (nSPS) is 14.3. The minimum absolute atomic E-state index is 0.0492. The molecule has 2 heterocycles.